The highest BCUT2D eigenvalue weighted by Gasteiger charge is 2.03. The fraction of sp³-hybridized carbons (Fsp3) is 0.333. The molecule has 0 aromatic carbocycles. The first-order valence-electron chi connectivity index (χ1n) is 4.37. The molecule has 4 nitrogen and oxygen atoms in total. The van der Waals surface area contributed by atoms with E-state index in [2.05, 4.69) is 15.3 Å². The maximum absolute atomic E-state index is 8.85. The van der Waals surface area contributed by atoms with Crippen molar-refractivity contribution in [1.82, 2.24) is 9.97 Å². The van der Waals surface area contributed by atoms with Gasteiger partial charge in [0.25, 0.3) is 0 Å². The minimum atomic E-state index is -0.0221. The van der Waals surface area contributed by atoms with Crippen LogP contribution in [0.1, 0.15) is 6.92 Å². The average Bonchev–Trinajstić information content (AvgIpc) is 2.64. The van der Waals surface area contributed by atoms with Gasteiger partial charge in [0.1, 0.15) is 0 Å². The smallest absolute Gasteiger partial charge is 0.223 e. The predicted octanol–water partition coefficient (Wildman–Crippen LogP) is 1.48. The Bertz CT molecular complexity index is 429. The molecule has 0 aliphatic heterocycles. The second-order valence-corrected chi connectivity index (χ2v) is 4.04. The molecular formula is C9H11N3OS. The largest absolute Gasteiger partial charge is 0.394 e. The van der Waals surface area contributed by atoms with Gasteiger partial charge in [-0.25, -0.2) is 9.97 Å². The Balaban J connectivity index is 2.25. The first-order valence-corrected chi connectivity index (χ1v) is 5.25. The van der Waals surface area contributed by atoms with Crippen LogP contribution in [0, 0.1) is 0 Å². The summed E-state index contributed by atoms with van der Waals surface area (Å²) in [4.78, 5) is 8.44. The first-order chi connectivity index (χ1) is 6.79. The van der Waals surface area contributed by atoms with E-state index in [1.54, 1.807) is 17.5 Å². The number of thiophene rings is 1. The number of aliphatic hydroxyl groups is 1. The number of fused-ring (bicyclic) bond motifs is 1. The van der Waals surface area contributed by atoms with Crippen LogP contribution in [0.5, 0.6) is 0 Å². The Morgan fingerprint density at radius 2 is 2.50 bits per heavy atom. The fourth-order valence-electron chi connectivity index (χ4n) is 1.10. The van der Waals surface area contributed by atoms with Gasteiger partial charge in [-0.15, -0.1) is 11.3 Å². The van der Waals surface area contributed by atoms with Gasteiger partial charge in [0.05, 0.1) is 23.0 Å². The van der Waals surface area contributed by atoms with Crippen LogP contribution in [0.2, 0.25) is 0 Å². The van der Waals surface area contributed by atoms with Crippen molar-refractivity contribution in [1.29, 1.82) is 0 Å². The van der Waals surface area contributed by atoms with E-state index in [4.69, 9.17) is 5.11 Å². The van der Waals surface area contributed by atoms with E-state index in [0.717, 1.165) is 10.2 Å². The van der Waals surface area contributed by atoms with Crippen LogP contribution in [0.25, 0.3) is 10.2 Å². The number of aromatic nitrogens is 2. The third-order valence-corrected chi connectivity index (χ3v) is 2.69. The van der Waals surface area contributed by atoms with Gasteiger partial charge < -0.3 is 10.4 Å². The Kier molecular flexibility index (Phi) is 2.60. The molecule has 0 fully saturated rings. The van der Waals surface area contributed by atoms with Gasteiger partial charge >= 0.3 is 0 Å². The molecule has 0 aliphatic carbocycles. The van der Waals surface area contributed by atoms with E-state index in [1.807, 2.05) is 18.4 Å². The third-order valence-electron chi connectivity index (χ3n) is 1.85. The molecule has 1 atom stereocenters. The van der Waals surface area contributed by atoms with E-state index < -0.39 is 0 Å². The molecule has 0 spiro atoms. The van der Waals surface area contributed by atoms with Crippen LogP contribution in [0.3, 0.4) is 0 Å². The number of hydrogen-bond acceptors (Lipinski definition) is 5. The molecule has 0 saturated carbocycles. The SMILES string of the molecule is C[C@H](CO)Nc1ncc2sccc2n1. The average molecular weight is 209 g/mol. The first kappa shape index (κ1) is 9.36. The van der Waals surface area contributed by atoms with Crippen LogP contribution >= 0.6 is 11.3 Å². The molecular weight excluding hydrogens is 198 g/mol. The van der Waals surface area contributed by atoms with Crippen molar-refractivity contribution >= 4 is 27.5 Å². The topological polar surface area (TPSA) is 58.0 Å². The molecule has 74 valence electrons. The molecule has 0 radical (unpaired) electrons. The quantitative estimate of drug-likeness (QED) is 0.804. The fourth-order valence-corrected chi connectivity index (χ4v) is 1.79. The summed E-state index contributed by atoms with van der Waals surface area (Å²) >= 11 is 1.62. The molecule has 2 heterocycles. The van der Waals surface area contributed by atoms with Crippen LogP contribution < -0.4 is 5.32 Å². The van der Waals surface area contributed by atoms with Crippen molar-refractivity contribution < 1.29 is 5.11 Å². The Morgan fingerprint density at radius 1 is 1.64 bits per heavy atom. The van der Waals surface area contributed by atoms with Gasteiger partial charge in [0.2, 0.25) is 5.95 Å². The maximum atomic E-state index is 8.85. The number of hydrogen-bond donors (Lipinski definition) is 2. The van der Waals surface area contributed by atoms with Crippen molar-refractivity contribution in [2.75, 3.05) is 11.9 Å². The summed E-state index contributed by atoms with van der Waals surface area (Å²) in [6, 6.07) is 1.93. The zero-order chi connectivity index (χ0) is 9.97. The van der Waals surface area contributed by atoms with Gasteiger partial charge in [-0.05, 0) is 18.4 Å². The zero-order valence-electron chi connectivity index (χ0n) is 7.77. The number of nitrogens with one attached hydrogen (secondary N) is 1. The lowest BCUT2D eigenvalue weighted by Gasteiger charge is -2.09. The van der Waals surface area contributed by atoms with Gasteiger partial charge in [-0.3, -0.25) is 0 Å². The van der Waals surface area contributed by atoms with Crippen LogP contribution in [0.4, 0.5) is 5.95 Å². The molecule has 2 N–H and O–H groups in total. The molecule has 0 amide bonds. The van der Waals surface area contributed by atoms with Crippen molar-refractivity contribution in [3.8, 4) is 0 Å². The lowest BCUT2D eigenvalue weighted by molar-refractivity contribution is 0.281. The van der Waals surface area contributed by atoms with Crippen molar-refractivity contribution in [2.45, 2.75) is 13.0 Å². The third kappa shape index (κ3) is 1.83. The number of anilines is 1. The highest BCUT2D eigenvalue weighted by Crippen LogP contribution is 2.18. The summed E-state index contributed by atoms with van der Waals surface area (Å²) in [5.41, 5.74) is 0.942. The summed E-state index contributed by atoms with van der Waals surface area (Å²) in [6.45, 7) is 1.95. The van der Waals surface area contributed by atoms with Gasteiger partial charge in [-0.1, -0.05) is 0 Å². The molecule has 0 aliphatic rings. The van der Waals surface area contributed by atoms with Crippen molar-refractivity contribution in [3.05, 3.63) is 17.6 Å². The maximum Gasteiger partial charge on any atom is 0.223 e. The summed E-state index contributed by atoms with van der Waals surface area (Å²) in [5.74, 6) is 0.567. The molecule has 0 saturated heterocycles. The summed E-state index contributed by atoms with van der Waals surface area (Å²) in [6.07, 6.45) is 1.79. The van der Waals surface area contributed by atoms with Crippen LogP contribution in [0.15, 0.2) is 17.6 Å². The van der Waals surface area contributed by atoms with E-state index in [-0.39, 0.29) is 12.6 Å². The van der Waals surface area contributed by atoms with Crippen molar-refractivity contribution in [3.63, 3.8) is 0 Å². The minimum absolute atomic E-state index is 0.0221. The zero-order valence-corrected chi connectivity index (χ0v) is 8.58. The summed E-state index contributed by atoms with van der Waals surface area (Å²) < 4.78 is 1.08. The highest BCUT2D eigenvalue weighted by molar-refractivity contribution is 7.17. The van der Waals surface area contributed by atoms with Crippen molar-refractivity contribution in [2.24, 2.45) is 0 Å². The predicted molar refractivity (Wildman–Crippen MR) is 57.6 cm³/mol. The van der Waals surface area contributed by atoms with Crippen LogP contribution in [-0.4, -0.2) is 27.7 Å². The van der Waals surface area contributed by atoms with Gasteiger partial charge in [0.15, 0.2) is 0 Å². The monoisotopic (exact) mass is 209 g/mol. The summed E-state index contributed by atoms with van der Waals surface area (Å²) in [7, 11) is 0. The standard InChI is InChI=1S/C9H11N3OS/c1-6(5-13)11-9-10-4-8-7(12-9)2-3-14-8/h2-4,6,13H,5H2,1H3,(H,10,11,12)/t6-/m1/s1. The second-order valence-electron chi connectivity index (χ2n) is 3.09. The van der Waals surface area contributed by atoms with E-state index in [0.29, 0.717) is 5.95 Å². The molecule has 0 bridgehead atoms. The highest BCUT2D eigenvalue weighted by atomic mass is 32.1. The molecule has 5 heteroatoms. The Labute approximate surface area is 85.6 Å². The number of rotatable bonds is 3. The molecule has 0 unspecified atom stereocenters. The Hall–Kier alpha value is -1.20. The molecule has 2 aromatic rings. The number of nitrogens with zero attached hydrogens (tertiary/aromatic N) is 2. The van der Waals surface area contributed by atoms with E-state index in [1.165, 1.54) is 0 Å². The number of aliphatic hydroxyl groups excluding tert-OH is 1. The lowest BCUT2D eigenvalue weighted by atomic mass is 10.4. The normalized spacial score (nSPS) is 13.0. The molecule has 2 aromatic heterocycles. The minimum Gasteiger partial charge on any atom is -0.394 e. The molecule has 14 heavy (non-hydrogen) atoms. The lowest BCUT2D eigenvalue weighted by Crippen LogP contribution is -2.20. The van der Waals surface area contributed by atoms with E-state index >= 15 is 0 Å². The Morgan fingerprint density at radius 3 is 3.29 bits per heavy atom. The van der Waals surface area contributed by atoms with E-state index in [9.17, 15) is 0 Å². The van der Waals surface area contributed by atoms with Gasteiger partial charge in [-0.2, -0.15) is 0 Å². The summed E-state index contributed by atoms with van der Waals surface area (Å²) in [5, 5.41) is 13.8. The van der Waals surface area contributed by atoms with Crippen LogP contribution in [-0.2, 0) is 0 Å². The van der Waals surface area contributed by atoms with Gasteiger partial charge in [0, 0.05) is 6.04 Å². The second kappa shape index (κ2) is 3.89. The molecule has 2 rings (SSSR count).